The number of fused-ring (bicyclic) bond motifs is 1. The molecular formula is C35H33FN4O5. The molecule has 1 N–H and O–H groups in total. The fourth-order valence-electron chi connectivity index (χ4n) is 4.85. The highest BCUT2D eigenvalue weighted by Crippen LogP contribution is 2.34. The van der Waals surface area contributed by atoms with Crippen molar-refractivity contribution in [1.82, 2.24) is 9.66 Å². The van der Waals surface area contributed by atoms with Crippen LogP contribution in [0.25, 0.3) is 22.3 Å². The number of hydrogen-bond donors (Lipinski definition) is 1. The first-order valence-corrected chi connectivity index (χ1v) is 14.3. The first-order chi connectivity index (χ1) is 21.7. The molecule has 0 saturated heterocycles. The van der Waals surface area contributed by atoms with Crippen molar-refractivity contribution in [3.05, 3.63) is 112 Å². The molecule has 5 rings (SSSR count). The van der Waals surface area contributed by atoms with Gasteiger partial charge < -0.3 is 19.5 Å². The zero-order valence-corrected chi connectivity index (χ0v) is 25.6. The Morgan fingerprint density at radius 3 is 2.42 bits per heavy atom. The number of hydrogen-bond acceptors (Lipinski definition) is 7. The molecule has 5 aromatic rings. The minimum Gasteiger partial charge on any atom is -0.496 e. The Hall–Kier alpha value is -5.51. The van der Waals surface area contributed by atoms with Crippen LogP contribution < -0.4 is 25.1 Å². The maximum Gasteiger partial charge on any atom is 0.282 e. The molecule has 0 unspecified atom stereocenters. The van der Waals surface area contributed by atoms with E-state index in [0.29, 0.717) is 39.5 Å². The number of halogens is 1. The van der Waals surface area contributed by atoms with E-state index in [1.165, 1.54) is 42.3 Å². The molecule has 0 atom stereocenters. The van der Waals surface area contributed by atoms with E-state index in [1.54, 1.807) is 43.5 Å². The molecule has 0 saturated carbocycles. The highest BCUT2D eigenvalue weighted by molar-refractivity contribution is 5.92. The zero-order valence-electron chi connectivity index (χ0n) is 25.6. The Morgan fingerprint density at radius 1 is 0.978 bits per heavy atom. The van der Waals surface area contributed by atoms with Gasteiger partial charge in [0.1, 0.15) is 11.6 Å². The number of nitrogens with one attached hydrogen (secondary N) is 1. The van der Waals surface area contributed by atoms with Gasteiger partial charge in [0.15, 0.2) is 23.9 Å². The van der Waals surface area contributed by atoms with E-state index in [0.717, 1.165) is 22.4 Å². The topological polar surface area (TPSA) is 104 Å². The molecular weight excluding hydrogens is 575 g/mol. The number of carbonyl (C=O) groups is 1. The van der Waals surface area contributed by atoms with Crippen LogP contribution in [-0.4, -0.2) is 42.6 Å². The van der Waals surface area contributed by atoms with Crippen LogP contribution in [0.5, 0.6) is 17.2 Å². The number of methoxy groups -OCH3 is 2. The number of benzene rings is 4. The third-order valence-electron chi connectivity index (χ3n) is 7.19. The van der Waals surface area contributed by atoms with Gasteiger partial charge >= 0.3 is 0 Å². The van der Waals surface area contributed by atoms with Crippen LogP contribution in [0, 0.1) is 12.7 Å². The van der Waals surface area contributed by atoms with Gasteiger partial charge in [0.05, 0.1) is 31.3 Å². The van der Waals surface area contributed by atoms with Crippen molar-refractivity contribution in [2.45, 2.75) is 26.7 Å². The molecule has 1 aromatic heterocycles. The summed E-state index contributed by atoms with van der Waals surface area (Å²) in [6.07, 6.45) is 1.54. The fourth-order valence-corrected chi connectivity index (χ4v) is 4.85. The van der Waals surface area contributed by atoms with Gasteiger partial charge in [-0.3, -0.25) is 9.59 Å². The maximum absolute atomic E-state index is 13.8. The Labute approximate surface area is 259 Å². The molecule has 45 heavy (non-hydrogen) atoms. The highest BCUT2D eigenvalue weighted by Gasteiger charge is 2.18. The summed E-state index contributed by atoms with van der Waals surface area (Å²) in [5, 5.41) is 7.68. The predicted octanol–water partition coefficient (Wildman–Crippen LogP) is 6.55. The Morgan fingerprint density at radius 2 is 1.71 bits per heavy atom. The molecule has 4 aromatic carbocycles. The zero-order chi connectivity index (χ0) is 32.1. The van der Waals surface area contributed by atoms with Crippen molar-refractivity contribution in [3.63, 3.8) is 0 Å². The van der Waals surface area contributed by atoms with Gasteiger partial charge in [0, 0.05) is 11.3 Å². The normalized spacial score (nSPS) is 11.3. The number of amides is 1. The molecule has 0 spiro atoms. The number of nitrogens with zero attached hydrogens (tertiary/aromatic N) is 3. The molecule has 10 heteroatoms. The lowest BCUT2D eigenvalue weighted by molar-refractivity contribution is -0.118. The van der Waals surface area contributed by atoms with Gasteiger partial charge in [-0.2, -0.15) is 9.78 Å². The van der Waals surface area contributed by atoms with Crippen LogP contribution in [0.15, 0.2) is 88.8 Å². The van der Waals surface area contributed by atoms with Gasteiger partial charge in [-0.15, -0.1) is 0 Å². The number of aryl methyl sites for hydroxylation is 1. The third kappa shape index (κ3) is 6.85. The standard InChI is InChI=1S/C35H33FN4O5/c1-21(2)27-18-28(22(3)16-31(27)43-4)34-39-29-9-7-6-8-26(29)35(42)40(34)37-19-23-10-15-30(32(17-23)44-5)45-20-33(41)38-25-13-11-24(36)12-14-25/h6-19,21H,20H2,1-5H3,(H,38,41). The van der Waals surface area contributed by atoms with Gasteiger partial charge in [0.2, 0.25) is 0 Å². The Balaban J connectivity index is 1.47. The van der Waals surface area contributed by atoms with E-state index in [2.05, 4.69) is 24.3 Å². The summed E-state index contributed by atoms with van der Waals surface area (Å²) >= 11 is 0. The van der Waals surface area contributed by atoms with Crippen LogP contribution in [0.2, 0.25) is 0 Å². The second-order valence-electron chi connectivity index (χ2n) is 10.6. The van der Waals surface area contributed by atoms with Crippen molar-refractivity contribution in [2.24, 2.45) is 5.10 Å². The van der Waals surface area contributed by atoms with Crippen molar-refractivity contribution < 1.29 is 23.4 Å². The van der Waals surface area contributed by atoms with Crippen LogP contribution in [0.1, 0.15) is 36.5 Å². The molecule has 0 aliphatic rings. The number of aromatic nitrogens is 2. The minimum absolute atomic E-state index is 0.172. The molecule has 0 aliphatic heterocycles. The molecule has 0 fully saturated rings. The van der Waals surface area contributed by atoms with E-state index < -0.39 is 11.7 Å². The van der Waals surface area contributed by atoms with E-state index in [9.17, 15) is 14.0 Å². The van der Waals surface area contributed by atoms with E-state index in [4.69, 9.17) is 19.2 Å². The smallest absolute Gasteiger partial charge is 0.282 e. The Bertz CT molecular complexity index is 1950. The summed E-state index contributed by atoms with van der Waals surface area (Å²) in [7, 11) is 3.12. The lowest BCUT2D eigenvalue weighted by Crippen LogP contribution is -2.21. The molecule has 9 nitrogen and oxygen atoms in total. The second kappa shape index (κ2) is 13.4. The third-order valence-corrected chi connectivity index (χ3v) is 7.19. The van der Waals surface area contributed by atoms with E-state index in [1.807, 2.05) is 25.1 Å². The molecule has 1 amide bonds. The van der Waals surface area contributed by atoms with E-state index in [-0.39, 0.29) is 18.1 Å². The first kappa shape index (κ1) is 30.9. The lowest BCUT2D eigenvalue weighted by Gasteiger charge is -2.17. The summed E-state index contributed by atoms with van der Waals surface area (Å²) in [6.45, 7) is 5.81. The number of para-hydroxylation sites is 1. The summed E-state index contributed by atoms with van der Waals surface area (Å²) in [6, 6.07) is 21.6. The van der Waals surface area contributed by atoms with Gasteiger partial charge in [-0.1, -0.05) is 26.0 Å². The van der Waals surface area contributed by atoms with Crippen molar-refractivity contribution >= 4 is 28.7 Å². The second-order valence-corrected chi connectivity index (χ2v) is 10.6. The molecule has 0 bridgehead atoms. The quantitative estimate of drug-likeness (QED) is 0.180. The maximum atomic E-state index is 13.8. The van der Waals surface area contributed by atoms with Gasteiger partial charge in [0.25, 0.3) is 11.5 Å². The van der Waals surface area contributed by atoms with Gasteiger partial charge in [-0.25, -0.2) is 9.37 Å². The summed E-state index contributed by atoms with van der Waals surface area (Å²) in [5.74, 6) is 1.23. The largest absolute Gasteiger partial charge is 0.496 e. The monoisotopic (exact) mass is 608 g/mol. The average molecular weight is 609 g/mol. The number of carbonyl (C=O) groups excluding carboxylic acids is 1. The predicted molar refractivity (Wildman–Crippen MR) is 173 cm³/mol. The molecule has 1 heterocycles. The summed E-state index contributed by atoms with van der Waals surface area (Å²) in [5.41, 5.74) is 3.96. The van der Waals surface area contributed by atoms with Crippen molar-refractivity contribution in [2.75, 3.05) is 26.1 Å². The van der Waals surface area contributed by atoms with E-state index >= 15 is 0 Å². The molecule has 230 valence electrons. The van der Waals surface area contributed by atoms with Crippen molar-refractivity contribution in [1.29, 1.82) is 0 Å². The number of rotatable bonds is 10. The van der Waals surface area contributed by atoms with Gasteiger partial charge in [-0.05, 0) is 96.3 Å². The van der Waals surface area contributed by atoms with Crippen LogP contribution in [-0.2, 0) is 4.79 Å². The highest BCUT2D eigenvalue weighted by atomic mass is 19.1. The summed E-state index contributed by atoms with van der Waals surface area (Å²) < 4.78 is 31.2. The van der Waals surface area contributed by atoms with Crippen LogP contribution >= 0.6 is 0 Å². The summed E-state index contributed by atoms with van der Waals surface area (Å²) in [4.78, 5) is 31.0. The average Bonchev–Trinajstić information content (AvgIpc) is 3.04. The van der Waals surface area contributed by atoms with Crippen LogP contribution in [0.3, 0.4) is 0 Å². The number of anilines is 1. The number of ether oxygens (including phenoxy) is 3. The SMILES string of the molecule is COc1cc(C=Nn2c(-c3cc(C(C)C)c(OC)cc3C)nc3ccccc3c2=O)ccc1OCC(=O)Nc1ccc(F)cc1. The molecule has 0 aliphatic carbocycles. The van der Waals surface area contributed by atoms with Crippen LogP contribution in [0.4, 0.5) is 10.1 Å². The lowest BCUT2D eigenvalue weighted by atomic mass is 9.96. The minimum atomic E-state index is -0.417. The molecule has 0 radical (unpaired) electrons. The van der Waals surface area contributed by atoms with Crippen molar-refractivity contribution in [3.8, 4) is 28.6 Å². The fraction of sp³-hybridized carbons (Fsp3) is 0.200. The first-order valence-electron chi connectivity index (χ1n) is 14.3. The Kier molecular flexibility index (Phi) is 9.22.